The Bertz CT molecular complexity index is 553. The van der Waals surface area contributed by atoms with Crippen LogP contribution in [-0.2, 0) is 4.79 Å². The molecule has 0 heterocycles. The van der Waals surface area contributed by atoms with Gasteiger partial charge in [-0.25, -0.2) is 13.2 Å². The first-order valence-electron chi connectivity index (χ1n) is 7.77. The van der Waals surface area contributed by atoms with Gasteiger partial charge in [-0.05, 0) is 25.0 Å². The molecule has 1 aliphatic carbocycles. The summed E-state index contributed by atoms with van der Waals surface area (Å²) in [6, 6.07) is 1.21. The Balaban J connectivity index is 0.000000362. The number of rotatable bonds is 3. The van der Waals surface area contributed by atoms with Crippen molar-refractivity contribution in [3.05, 3.63) is 35.1 Å². The molecule has 1 atom stereocenters. The van der Waals surface area contributed by atoms with Crippen molar-refractivity contribution in [3.8, 4) is 0 Å². The SMILES string of the molecule is NC1CCCCC1.NCC(N)C(=O)O.O=Cc1ccc(F)c(F)c1F. The monoisotopic (exact) mass is 363 g/mol. The van der Waals surface area contributed by atoms with E-state index in [1.807, 2.05) is 0 Å². The number of aliphatic carboxylic acids is 1. The number of hydrogen-bond donors (Lipinski definition) is 4. The molecule has 9 heteroatoms. The highest BCUT2D eigenvalue weighted by Crippen LogP contribution is 2.15. The standard InChI is InChI=1S/C7H3F3O.C6H13N.C3H8N2O2/c8-5-2-1-4(3-11)6(9)7(5)10;7-6-4-2-1-3-5-6;4-1-2(5)3(6)7/h1-3H;6H,1-5,7H2;2H,1,4-5H2,(H,6,7). The average Bonchev–Trinajstić information content (AvgIpc) is 2.61. The van der Waals surface area contributed by atoms with Crippen molar-refractivity contribution in [1.82, 2.24) is 0 Å². The summed E-state index contributed by atoms with van der Waals surface area (Å²) in [5.41, 5.74) is 14.9. The molecule has 142 valence electrons. The average molecular weight is 363 g/mol. The van der Waals surface area contributed by atoms with E-state index in [0.717, 1.165) is 6.07 Å². The second kappa shape index (κ2) is 12.4. The Hall–Kier alpha value is -1.97. The van der Waals surface area contributed by atoms with Gasteiger partial charge >= 0.3 is 5.97 Å². The predicted octanol–water partition coefficient (Wildman–Crippen LogP) is 1.55. The molecule has 1 aromatic carbocycles. The molecule has 2 rings (SSSR count). The van der Waals surface area contributed by atoms with Gasteiger partial charge in [0, 0.05) is 12.6 Å². The second-order valence-corrected chi connectivity index (χ2v) is 5.46. The van der Waals surface area contributed by atoms with Crippen molar-refractivity contribution < 1.29 is 27.9 Å². The van der Waals surface area contributed by atoms with Crippen LogP contribution in [-0.4, -0.2) is 36.0 Å². The molecule has 25 heavy (non-hydrogen) atoms. The van der Waals surface area contributed by atoms with Crippen molar-refractivity contribution >= 4 is 12.3 Å². The number of benzene rings is 1. The van der Waals surface area contributed by atoms with Crippen LogP contribution >= 0.6 is 0 Å². The van der Waals surface area contributed by atoms with Crippen LogP contribution in [0.15, 0.2) is 12.1 Å². The molecule has 0 radical (unpaired) electrons. The highest BCUT2D eigenvalue weighted by molar-refractivity contribution is 5.75. The molecule has 1 fully saturated rings. The fraction of sp³-hybridized carbons (Fsp3) is 0.500. The van der Waals surface area contributed by atoms with E-state index >= 15 is 0 Å². The van der Waals surface area contributed by atoms with Crippen LogP contribution in [0.25, 0.3) is 0 Å². The van der Waals surface area contributed by atoms with Crippen LogP contribution in [0.1, 0.15) is 42.5 Å². The number of carboxylic acid groups (broad SMARTS) is 1. The number of hydrogen-bond acceptors (Lipinski definition) is 5. The molecule has 1 aliphatic rings. The molecular weight excluding hydrogens is 339 g/mol. The van der Waals surface area contributed by atoms with Gasteiger partial charge in [0.25, 0.3) is 0 Å². The van der Waals surface area contributed by atoms with E-state index in [0.29, 0.717) is 12.1 Å². The van der Waals surface area contributed by atoms with Gasteiger partial charge in [-0.3, -0.25) is 9.59 Å². The molecule has 0 saturated heterocycles. The summed E-state index contributed by atoms with van der Waals surface area (Å²) in [5, 5.41) is 7.98. The highest BCUT2D eigenvalue weighted by atomic mass is 19.2. The van der Waals surface area contributed by atoms with Crippen molar-refractivity contribution in [2.75, 3.05) is 6.54 Å². The van der Waals surface area contributed by atoms with Crippen LogP contribution in [0.2, 0.25) is 0 Å². The fourth-order valence-electron chi connectivity index (χ4n) is 1.87. The zero-order valence-electron chi connectivity index (χ0n) is 13.8. The van der Waals surface area contributed by atoms with Crippen LogP contribution in [0.3, 0.4) is 0 Å². The van der Waals surface area contributed by atoms with Crippen LogP contribution in [0.5, 0.6) is 0 Å². The summed E-state index contributed by atoms with van der Waals surface area (Å²) in [4.78, 5) is 19.7. The molecule has 0 bridgehead atoms. The number of carboxylic acids is 1. The number of carbonyl (C=O) groups is 2. The van der Waals surface area contributed by atoms with Crippen LogP contribution in [0.4, 0.5) is 13.2 Å². The first kappa shape index (κ1) is 23.0. The van der Waals surface area contributed by atoms with E-state index in [1.165, 1.54) is 32.1 Å². The van der Waals surface area contributed by atoms with Gasteiger partial charge < -0.3 is 22.3 Å². The third-order valence-corrected chi connectivity index (χ3v) is 3.41. The summed E-state index contributed by atoms with van der Waals surface area (Å²) < 4.78 is 36.9. The lowest BCUT2D eigenvalue weighted by atomic mass is 9.97. The Morgan fingerprint density at radius 1 is 1.20 bits per heavy atom. The Morgan fingerprint density at radius 2 is 1.76 bits per heavy atom. The minimum atomic E-state index is -1.62. The third-order valence-electron chi connectivity index (χ3n) is 3.41. The van der Waals surface area contributed by atoms with Crippen molar-refractivity contribution in [3.63, 3.8) is 0 Å². The van der Waals surface area contributed by atoms with Crippen molar-refractivity contribution in [2.45, 2.75) is 44.2 Å². The van der Waals surface area contributed by atoms with Crippen molar-refractivity contribution in [1.29, 1.82) is 0 Å². The quantitative estimate of drug-likeness (QED) is 0.476. The Labute approximate surface area is 144 Å². The molecule has 1 unspecified atom stereocenters. The lowest BCUT2D eigenvalue weighted by molar-refractivity contribution is -0.138. The molecule has 0 amide bonds. The minimum Gasteiger partial charge on any atom is -0.480 e. The molecule has 1 aromatic rings. The van der Waals surface area contributed by atoms with Gasteiger partial charge in [0.2, 0.25) is 0 Å². The first-order chi connectivity index (χ1) is 11.7. The maximum Gasteiger partial charge on any atom is 0.321 e. The van der Waals surface area contributed by atoms with Crippen LogP contribution < -0.4 is 17.2 Å². The van der Waals surface area contributed by atoms with Crippen molar-refractivity contribution in [2.24, 2.45) is 17.2 Å². The lowest BCUT2D eigenvalue weighted by Gasteiger charge is -2.15. The largest absolute Gasteiger partial charge is 0.480 e. The van der Waals surface area contributed by atoms with Gasteiger partial charge in [-0.1, -0.05) is 19.3 Å². The summed E-state index contributed by atoms with van der Waals surface area (Å²) in [6.07, 6.45) is 6.79. The Kier molecular flexibility index (Phi) is 11.4. The molecule has 0 spiro atoms. The maximum absolute atomic E-state index is 12.4. The number of aldehydes is 1. The van der Waals surface area contributed by atoms with Crippen LogP contribution in [0, 0.1) is 17.5 Å². The molecule has 0 aromatic heterocycles. The van der Waals surface area contributed by atoms with E-state index in [-0.39, 0.29) is 12.8 Å². The highest BCUT2D eigenvalue weighted by Gasteiger charge is 2.11. The molecule has 6 nitrogen and oxygen atoms in total. The number of carbonyl (C=O) groups excluding carboxylic acids is 1. The fourth-order valence-corrected chi connectivity index (χ4v) is 1.87. The van der Waals surface area contributed by atoms with E-state index in [4.69, 9.17) is 22.3 Å². The lowest BCUT2D eigenvalue weighted by Crippen LogP contribution is -2.37. The summed E-state index contributed by atoms with van der Waals surface area (Å²) in [6.45, 7) is -0.00463. The smallest absolute Gasteiger partial charge is 0.321 e. The van der Waals surface area contributed by atoms with E-state index < -0.39 is 35.0 Å². The van der Waals surface area contributed by atoms with Gasteiger partial charge in [-0.2, -0.15) is 0 Å². The van der Waals surface area contributed by atoms with Gasteiger partial charge in [-0.15, -0.1) is 0 Å². The summed E-state index contributed by atoms with van der Waals surface area (Å²) in [5.74, 6) is -5.41. The topological polar surface area (TPSA) is 132 Å². The molecule has 7 N–H and O–H groups in total. The van der Waals surface area contributed by atoms with E-state index in [9.17, 15) is 22.8 Å². The van der Waals surface area contributed by atoms with Gasteiger partial charge in [0.1, 0.15) is 6.04 Å². The zero-order chi connectivity index (χ0) is 19.4. The molecule has 0 aliphatic heterocycles. The summed E-state index contributed by atoms with van der Waals surface area (Å²) in [7, 11) is 0. The second-order valence-electron chi connectivity index (χ2n) is 5.46. The minimum absolute atomic E-state index is 0.00463. The third kappa shape index (κ3) is 9.18. The van der Waals surface area contributed by atoms with E-state index in [2.05, 4.69) is 0 Å². The predicted molar refractivity (Wildman–Crippen MR) is 87.4 cm³/mol. The number of halogens is 3. The Morgan fingerprint density at radius 3 is 2.08 bits per heavy atom. The first-order valence-corrected chi connectivity index (χ1v) is 7.77. The van der Waals surface area contributed by atoms with Gasteiger partial charge in [0.05, 0.1) is 5.56 Å². The maximum atomic E-state index is 12.4. The molecule has 1 saturated carbocycles. The van der Waals surface area contributed by atoms with E-state index in [1.54, 1.807) is 0 Å². The normalized spacial score (nSPS) is 15.1. The van der Waals surface area contributed by atoms with Gasteiger partial charge in [0.15, 0.2) is 23.7 Å². The zero-order valence-corrected chi connectivity index (χ0v) is 13.8. The summed E-state index contributed by atoms with van der Waals surface area (Å²) >= 11 is 0. The number of nitrogens with two attached hydrogens (primary N) is 3. The molecular formula is C16H24F3N3O3.